The average molecular weight is 499 g/mol. The summed E-state index contributed by atoms with van der Waals surface area (Å²) < 4.78 is 5.47. The second kappa shape index (κ2) is 12.0. The molecule has 2 aromatic carbocycles. The van der Waals surface area contributed by atoms with Crippen LogP contribution in [0.4, 0.5) is 5.69 Å². The zero-order chi connectivity index (χ0) is 24.8. The summed E-state index contributed by atoms with van der Waals surface area (Å²) in [5.74, 6) is -0.368. The Morgan fingerprint density at radius 1 is 1.17 bits per heavy atom. The van der Waals surface area contributed by atoms with E-state index >= 15 is 0 Å². The third-order valence-electron chi connectivity index (χ3n) is 7.06. The third kappa shape index (κ3) is 6.82. The largest absolute Gasteiger partial charge is 0.381 e. The second-order valence-corrected chi connectivity index (χ2v) is 9.89. The van der Waals surface area contributed by atoms with Gasteiger partial charge in [-0.3, -0.25) is 9.59 Å². The van der Waals surface area contributed by atoms with E-state index < -0.39 is 6.04 Å². The number of amides is 2. The lowest BCUT2D eigenvalue weighted by molar-refractivity contribution is -0.128. The van der Waals surface area contributed by atoms with Gasteiger partial charge in [-0.25, -0.2) is 0 Å². The number of hydrogen-bond acceptors (Lipinski definition) is 5. The number of aryl methyl sites for hydroxylation is 1. The topological polar surface area (TPSA) is 82.7 Å². The summed E-state index contributed by atoms with van der Waals surface area (Å²) in [6.45, 7) is 5.13. The van der Waals surface area contributed by atoms with Crippen molar-refractivity contribution in [3.63, 3.8) is 0 Å². The zero-order valence-corrected chi connectivity index (χ0v) is 21.2. The summed E-state index contributed by atoms with van der Waals surface area (Å²) in [5.41, 5.74) is 3.94. The molecule has 2 aliphatic rings. The summed E-state index contributed by atoms with van der Waals surface area (Å²) in [5, 5.41) is 9.96. The smallest absolute Gasteiger partial charge is 0.246 e. The van der Waals surface area contributed by atoms with E-state index in [9.17, 15) is 9.59 Å². The van der Waals surface area contributed by atoms with Crippen LogP contribution < -0.4 is 16.0 Å². The van der Waals surface area contributed by atoms with Gasteiger partial charge in [-0.2, -0.15) is 0 Å². The number of fused-ring (bicyclic) bond motifs is 1. The van der Waals surface area contributed by atoms with Crippen molar-refractivity contribution < 1.29 is 14.3 Å². The highest BCUT2D eigenvalue weighted by Gasteiger charge is 2.29. The van der Waals surface area contributed by atoms with Gasteiger partial charge in [0.05, 0.1) is 12.1 Å². The Bertz CT molecular complexity index is 1040. The van der Waals surface area contributed by atoms with Crippen molar-refractivity contribution in [2.75, 3.05) is 32.1 Å². The fourth-order valence-corrected chi connectivity index (χ4v) is 4.93. The van der Waals surface area contributed by atoms with Gasteiger partial charge < -0.3 is 25.6 Å². The third-order valence-corrected chi connectivity index (χ3v) is 7.48. The van der Waals surface area contributed by atoms with Crippen LogP contribution in [0.1, 0.15) is 36.0 Å². The molecule has 0 bridgehead atoms. The van der Waals surface area contributed by atoms with Crippen LogP contribution in [-0.2, 0) is 27.3 Å². The van der Waals surface area contributed by atoms with Gasteiger partial charge in [-0.15, -0.1) is 0 Å². The van der Waals surface area contributed by atoms with Crippen LogP contribution in [0.15, 0.2) is 42.5 Å². The first-order chi connectivity index (χ1) is 16.9. The molecule has 2 unspecified atom stereocenters. The quantitative estimate of drug-likeness (QED) is 0.520. The standard InChI is InChI=1S/C27H35ClN4O3/c1-18-15-21(7-8-23(18)28)30-26(33)24(11-14-32-12-9-22(35-2)10-13-32)31-27(34)25-16-19-5-3-4-6-20(19)17-29-25/h3-8,15,22,24-25,29H,9-14,16-17H2,1-2H3,(H,30,33)(H,31,34). The highest BCUT2D eigenvalue weighted by Crippen LogP contribution is 2.20. The number of rotatable bonds is 8. The Kier molecular flexibility index (Phi) is 8.78. The summed E-state index contributed by atoms with van der Waals surface area (Å²) in [7, 11) is 1.76. The van der Waals surface area contributed by atoms with Gasteiger partial charge in [0.25, 0.3) is 0 Å². The predicted molar refractivity (Wildman–Crippen MR) is 139 cm³/mol. The van der Waals surface area contributed by atoms with Crippen molar-refractivity contribution in [1.82, 2.24) is 15.5 Å². The number of carbonyl (C=O) groups excluding carboxylic acids is 2. The molecular weight excluding hydrogens is 464 g/mol. The molecule has 2 aromatic rings. The summed E-state index contributed by atoms with van der Waals surface area (Å²) >= 11 is 6.14. The van der Waals surface area contributed by atoms with Crippen LogP contribution >= 0.6 is 11.6 Å². The number of nitrogens with one attached hydrogen (secondary N) is 3. The molecule has 1 saturated heterocycles. The lowest BCUT2D eigenvalue weighted by Crippen LogP contribution is -2.54. The maximum absolute atomic E-state index is 13.3. The number of likely N-dealkylation sites (tertiary alicyclic amines) is 1. The van der Waals surface area contributed by atoms with E-state index in [0.717, 1.165) is 38.0 Å². The van der Waals surface area contributed by atoms with E-state index in [0.29, 0.717) is 36.2 Å². The fraction of sp³-hybridized carbons (Fsp3) is 0.481. The Balaban J connectivity index is 1.41. The molecule has 0 aromatic heterocycles. The van der Waals surface area contributed by atoms with E-state index in [1.54, 1.807) is 19.2 Å². The minimum Gasteiger partial charge on any atom is -0.381 e. The number of ether oxygens (including phenoxy) is 1. The number of methoxy groups -OCH3 is 1. The van der Waals surface area contributed by atoms with Gasteiger partial charge in [0.1, 0.15) is 6.04 Å². The van der Waals surface area contributed by atoms with Crippen molar-refractivity contribution in [2.24, 2.45) is 0 Å². The number of hydrogen-bond donors (Lipinski definition) is 3. The lowest BCUT2D eigenvalue weighted by atomic mass is 9.95. The van der Waals surface area contributed by atoms with Crippen molar-refractivity contribution in [1.29, 1.82) is 0 Å². The molecule has 2 aliphatic heterocycles. The summed E-state index contributed by atoms with van der Waals surface area (Å²) in [6, 6.07) is 12.5. The molecule has 0 aliphatic carbocycles. The monoisotopic (exact) mass is 498 g/mol. The van der Waals surface area contributed by atoms with Gasteiger partial charge in [0, 0.05) is 44.0 Å². The van der Waals surface area contributed by atoms with Gasteiger partial charge in [-0.05, 0) is 67.5 Å². The maximum atomic E-state index is 13.3. The lowest BCUT2D eigenvalue weighted by Gasteiger charge is -2.32. The highest BCUT2D eigenvalue weighted by molar-refractivity contribution is 6.31. The molecule has 2 atom stereocenters. The van der Waals surface area contributed by atoms with E-state index in [1.165, 1.54) is 11.1 Å². The Labute approximate surface area is 212 Å². The second-order valence-electron chi connectivity index (χ2n) is 9.49. The van der Waals surface area contributed by atoms with E-state index in [4.69, 9.17) is 16.3 Å². The number of anilines is 1. The normalized spacial score (nSPS) is 19.6. The Hall–Kier alpha value is -2.45. The molecule has 8 heteroatoms. The van der Waals surface area contributed by atoms with Gasteiger partial charge in [0.2, 0.25) is 11.8 Å². The average Bonchev–Trinajstić information content (AvgIpc) is 2.88. The minimum absolute atomic E-state index is 0.148. The summed E-state index contributed by atoms with van der Waals surface area (Å²) in [4.78, 5) is 28.8. The molecule has 7 nitrogen and oxygen atoms in total. The van der Waals surface area contributed by atoms with E-state index in [-0.39, 0.29) is 17.9 Å². The van der Waals surface area contributed by atoms with Crippen LogP contribution in [0, 0.1) is 6.92 Å². The van der Waals surface area contributed by atoms with Crippen LogP contribution in [0.2, 0.25) is 5.02 Å². The predicted octanol–water partition coefficient (Wildman–Crippen LogP) is 3.29. The SMILES string of the molecule is COC1CCN(CCC(NC(=O)C2Cc3ccccc3CN2)C(=O)Nc2ccc(Cl)c(C)c2)CC1. The molecule has 3 N–H and O–H groups in total. The molecule has 188 valence electrons. The number of piperidine rings is 1. The molecule has 4 rings (SSSR count). The number of nitrogens with zero attached hydrogens (tertiary/aromatic N) is 1. The van der Waals surface area contributed by atoms with Crippen LogP contribution in [0.25, 0.3) is 0 Å². The molecular formula is C27H35ClN4O3. The minimum atomic E-state index is -0.641. The number of halogens is 1. The first-order valence-corrected chi connectivity index (χ1v) is 12.7. The van der Waals surface area contributed by atoms with Crippen LogP contribution in [-0.4, -0.2) is 61.6 Å². The fourth-order valence-electron chi connectivity index (χ4n) is 4.81. The number of benzene rings is 2. The maximum Gasteiger partial charge on any atom is 0.246 e. The molecule has 2 amide bonds. The van der Waals surface area contributed by atoms with Crippen molar-refractivity contribution in [2.45, 2.75) is 57.3 Å². The highest BCUT2D eigenvalue weighted by atomic mass is 35.5. The van der Waals surface area contributed by atoms with Crippen molar-refractivity contribution >= 4 is 29.1 Å². The molecule has 0 saturated carbocycles. The zero-order valence-electron chi connectivity index (χ0n) is 20.5. The number of carbonyl (C=O) groups is 2. The van der Waals surface area contributed by atoms with E-state index in [1.807, 2.05) is 25.1 Å². The van der Waals surface area contributed by atoms with Gasteiger partial charge >= 0.3 is 0 Å². The first kappa shape index (κ1) is 25.6. The van der Waals surface area contributed by atoms with Gasteiger partial charge in [0.15, 0.2) is 0 Å². The van der Waals surface area contributed by atoms with Crippen molar-refractivity contribution in [3.8, 4) is 0 Å². The van der Waals surface area contributed by atoms with Crippen LogP contribution in [0.3, 0.4) is 0 Å². The molecule has 0 spiro atoms. The summed E-state index contributed by atoms with van der Waals surface area (Å²) in [6.07, 6.45) is 3.41. The van der Waals surface area contributed by atoms with Crippen molar-refractivity contribution in [3.05, 3.63) is 64.2 Å². The van der Waals surface area contributed by atoms with Crippen LogP contribution in [0.5, 0.6) is 0 Å². The molecule has 2 heterocycles. The Morgan fingerprint density at radius 3 is 2.63 bits per heavy atom. The van der Waals surface area contributed by atoms with E-state index in [2.05, 4.69) is 33.0 Å². The van der Waals surface area contributed by atoms with Gasteiger partial charge in [-0.1, -0.05) is 35.9 Å². The first-order valence-electron chi connectivity index (χ1n) is 12.4. The molecule has 35 heavy (non-hydrogen) atoms. The Morgan fingerprint density at radius 2 is 1.91 bits per heavy atom. The molecule has 0 radical (unpaired) electrons. The molecule has 1 fully saturated rings.